The van der Waals surface area contributed by atoms with Gasteiger partial charge in [-0.25, -0.2) is 13.9 Å². The number of carboxylic acids is 1. The Bertz CT molecular complexity index is 1990. The van der Waals surface area contributed by atoms with Crippen LogP contribution in [0.25, 0.3) is 10.9 Å². The zero-order valence-corrected chi connectivity index (χ0v) is 27.9. The maximum Gasteiger partial charge on any atom is 0.352 e. The summed E-state index contributed by atoms with van der Waals surface area (Å²) in [5, 5.41) is 25.2. The van der Waals surface area contributed by atoms with Crippen molar-refractivity contribution in [2.24, 2.45) is 7.05 Å². The van der Waals surface area contributed by atoms with Crippen LogP contribution in [0.15, 0.2) is 44.3 Å². The quantitative estimate of drug-likeness (QED) is 0.209. The number of halogens is 1. The van der Waals surface area contributed by atoms with Crippen molar-refractivity contribution in [3.63, 3.8) is 0 Å². The topological polar surface area (TPSA) is 183 Å². The number of hydrogen-bond acceptors (Lipinski definition) is 12. The number of aryl methyl sites for hydroxylation is 2. The molecule has 2 saturated heterocycles. The van der Waals surface area contributed by atoms with E-state index < -0.39 is 51.9 Å². The average molecular weight is 701 g/mol. The van der Waals surface area contributed by atoms with Gasteiger partial charge in [-0.15, -0.1) is 16.9 Å². The van der Waals surface area contributed by atoms with E-state index in [-0.39, 0.29) is 33.3 Å². The molecule has 18 heteroatoms. The third-order valence-electron chi connectivity index (χ3n) is 8.72. The lowest BCUT2D eigenvalue weighted by Gasteiger charge is -2.49. The van der Waals surface area contributed by atoms with E-state index in [4.69, 9.17) is 0 Å². The van der Waals surface area contributed by atoms with Crippen LogP contribution in [-0.2, 0) is 23.2 Å². The number of thioether (sulfide) groups is 2. The predicted octanol–water partition coefficient (Wildman–Crippen LogP) is 0.641. The minimum atomic E-state index is -1.34. The molecule has 3 aromatic rings. The number of carbonyl (C=O) groups is 3. The zero-order valence-electron chi connectivity index (χ0n) is 26.3. The van der Waals surface area contributed by atoms with Crippen molar-refractivity contribution < 1.29 is 29.0 Å². The van der Waals surface area contributed by atoms with Crippen LogP contribution >= 0.6 is 23.5 Å². The number of aromatic hydroxyl groups is 1. The molecule has 2 fully saturated rings. The largest absolute Gasteiger partial charge is 0.488 e. The molecule has 5 heterocycles. The molecule has 0 saturated carbocycles. The molecule has 1 unspecified atom stereocenters. The minimum Gasteiger partial charge on any atom is -0.488 e. The van der Waals surface area contributed by atoms with Gasteiger partial charge in [-0.3, -0.25) is 24.1 Å². The number of carbonyl (C=O) groups excluding carboxylic acids is 2. The van der Waals surface area contributed by atoms with Crippen LogP contribution in [0.3, 0.4) is 0 Å². The standard InChI is InChI=1S/C30H33FN8O7S2/c1-4-36-6-8-38(9-7-36)20-11-19-16(10-18(20)31)23(40)17(12-37(19)5-2)24(41)32-21-27(44)39-22(29(45)46)15(13-47-28(21)39)14-48-30-33-25(42)26(43)34-35(30)3/h10-12,21,28H,4-9,13-14H2,1-3H3,(H,32,41)(H,34,43)(H,45,46)/t21?,28-/m0/s1. The molecule has 15 nitrogen and oxygen atoms in total. The van der Waals surface area contributed by atoms with Gasteiger partial charge in [0.1, 0.15) is 28.5 Å². The number of nitrogens with one attached hydrogen (secondary N) is 1. The third kappa shape index (κ3) is 5.92. The number of anilines is 1. The Balaban J connectivity index is 1.21. The van der Waals surface area contributed by atoms with E-state index in [0.717, 1.165) is 36.3 Å². The van der Waals surface area contributed by atoms with Crippen molar-refractivity contribution >= 4 is 57.9 Å². The van der Waals surface area contributed by atoms with Gasteiger partial charge in [0.25, 0.3) is 17.7 Å². The van der Waals surface area contributed by atoms with Gasteiger partial charge in [-0.05, 0) is 31.2 Å². The Kier molecular flexibility index (Phi) is 9.23. The van der Waals surface area contributed by atoms with Crippen molar-refractivity contribution in [3.8, 4) is 5.88 Å². The molecule has 6 rings (SSSR count). The summed E-state index contributed by atoms with van der Waals surface area (Å²) in [5.74, 6) is -3.88. The molecule has 254 valence electrons. The molecule has 0 aliphatic carbocycles. The number of likely N-dealkylation sites (N-methyl/N-ethyl adjacent to an activating group) is 1. The van der Waals surface area contributed by atoms with E-state index in [1.165, 1.54) is 35.8 Å². The number of aliphatic carboxylic acids is 1. The molecular weight excluding hydrogens is 668 g/mol. The smallest absolute Gasteiger partial charge is 0.352 e. The lowest BCUT2D eigenvalue weighted by molar-refractivity contribution is -0.148. The van der Waals surface area contributed by atoms with Gasteiger partial charge in [-0.1, -0.05) is 18.7 Å². The van der Waals surface area contributed by atoms with E-state index in [0.29, 0.717) is 36.4 Å². The highest BCUT2D eigenvalue weighted by molar-refractivity contribution is 8.01. The first kappa shape index (κ1) is 33.5. The first-order chi connectivity index (χ1) is 22.9. The Morgan fingerprint density at radius 1 is 1.12 bits per heavy atom. The number of carboxylic acid groups (broad SMARTS) is 1. The van der Waals surface area contributed by atoms with Crippen LogP contribution in [0.2, 0.25) is 0 Å². The average Bonchev–Trinajstić information content (AvgIpc) is 3.07. The molecule has 3 N–H and O–H groups in total. The first-order valence-corrected chi connectivity index (χ1v) is 17.3. The number of piperazine rings is 1. The summed E-state index contributed by atoms with van der Waals surface area (Å²) in [4.78, 5) is 73.4. The SMILES string of the molecule is CCN1CCN(c2cc3c(cc2F)c(=O)c(C(=O)NC2C(=O)N4C(C(=O)O)=C(CSc5nc(=O)c(O)nn5C)CS[C@@H]24)cn3CC)CC1. The fraction of sp³-hybridized carbons (Fsp3) is 0.433. The van der Waals surface area contributed by atoms with Crippen LogP contribution < -0.4 is 21.2 Å². The van der Waals surface area contributed by atoms with Crippen molar-refractivity contribution in [3.05, 3.63) is 61.6 Å². The fourth-order valence-electron chi connectivity index (χ4n) is 6.10. The molecule has 2 atom stereocenters. The number of pyridine rings is 1. The van der Waals surface area contributed by atoms with Gasteiger partial charge in [0.15, 0.2) is 5.16 Å². The van der Waals surface area contributed by atoms with E-state index >= 15 is 4.39 Å². The minimum absolute atomic E-state index is 0.0422. The van der Waals surface area contributed by atoms with Crippen LogP contribution in [0, 0.1) is 5.82 Å². The maximum atomic E-state index is 15.4. The van der Waals surface area contributed by atoms with Crippen molar-refractivity contribution in [2.75, 3.05) is 49.1 Å². The second-order valence-corrected chi connectivity index (χ2v) is 13.5. The van der Waals surface area contributed by atoms with Gasteiger partial charge in [0.05, 0.1) is 11.2 Å². The molecular formula is C30H33FN8O7S2. The van der Waals surface area contributed by atoms with E-state index in [2.05, 4.69) is 27.2 Å². The number of fused-ring (bicyclic) bond motifs is 2. The normalized spacial score (nSPS) is 19.8. The maximum absolute atomic E-state index is 15.4. The van der Waals surface area contributed by atoms with Crippen LogP contribution in [-0.4, -0.2) is 113 Å². The monoisotopic (exact) mass is 700 g/mol. The summed E-state index contributed by atoms with van der Waals surface area (Å²) in [7, 11) is 1.47. The number of hydrogen-bond donors (Lipinski definition) is 3. The number of aromatic nitrogens is 4. The summed E-state index contributed by atoms with van der Waals surface area (Å²) < 4.78 is 18.3. The number of benzene rings is 1. The molecule has 3 aliphatic heterocycles. The first-order valence-electron chi connectivity index (χ1n) is 15.2. The molecule has 48 heavy (non-hydrogen) atoms. The van der Waals surface area contributed by atoms with E-state index in [1.807, 2.05) is 11.8 Å². The van der Waals surface area contributed by atoms with Gasteiger partial charge in [-0.2, -0.15) is 4.98 Å². The molecule has 1 aromatic carbocycles. The van der Waals surface area contributed by atoms with Gasteiger partial charge in [0, 0.05) is 62.9 Å². The summed E-state index contributed by atoms with van der Waals surface area (Å²) in [6.45, 7) is 8.10. The number of amides is 2. The summed E-state index contributed by atoms with van der Waals surface area (Å²) in [6, 6.07) is 1.72. The summed E-state index contributed by atoms with van der Waals surface area (Å²) in [5.41, 5.74) is -0.820. The number of β-lactam (4-membered cyclic amide) rings is 1. The zero-order chi connectivity index (χ0) is 34.4. The van der Waals surface area contributed by atoms with Crippen LogP contribution in [0.1, 0.15) is 24.2 Å². The predicted molar refractivity (Wildman–Crippen MR) is 177 cm³/mol. The fourth-order valence-corrected chi connectivity index (χ4v) is 8.49. The Morgan fingerprint density at radius 3 is 2.52 bits per heavy atom. The van der Waals surface area contributed by atoms with E-state index in [9.17, 15) is 34.2 Å². The lowest BCUT2D eigenvalue weighted by atomic mass is 10.0. The van der Waals surface area contributed by atoms with Crippen molar-refractivity contribution in [1.29, 1.82) is 0 Å². The van der Waals surface area contributed by atoms with Gasteiger partial charge >= 0.3 is 11.5 Å². The van der Waals surface area contributed by atoms with Crippen LogP contribution in [0.5, 0.6) is 5.88 Å². The molecule has 2 aromatic heterocycles. The molecule has 3 aliphatic rings. The Morgan fingerprint density at radius 2 is 1.85 bits per heavy atom. The highest BCUT2D eigenvalue weighted by Crippen LogP contribution is 2.41. The Hall–Kier alpha value is -4.42. The lowest BCUT2D eigenvalue weighted by Crippen LogP contribution is -2.70. The van der Waals surface area contributed by atoms with Crippen molar-refractivity contribution in [1.82, 2.24) is 34.4 Å². The second kappa shape index (κ2) is 13.2. The number of nitrogens with zero attached hydrogens (tertiary/aromatic N) is 7. The highest BCUT2D eigenvalue weighted by Gasteiger charge is 2.54. The third-order valence-corrected chi connectivity index (χ3v) is 11.2. The van der Waals surface area contributed by atoms with Crippen LogP contribution in [0.4, 0.5) is 10.1 Å². The second-order valence-electron chi connectivity index (χ2n) is 11.5. The van der Waals surface area contributed by atoms with E-state index in [1.54, 1.807) is 10.6 Å². The molecule has 2 amide bonds. The van der Waals surface area contributed by atoms with Gasteiger partial charge in [0.2, 0.25) is 5.43 Å². The molecule has 0 radical (unpaired) electrons. The highest BCUT2D eigenvalue weighted by atomic mass is 32.2. The van der Waals surface area contributed by atoms with Gasteiger partial charge < -0.3 is 29.9 Å². The van der Waals surface area contributed by atoms with Crippen molar-refractivity contribution in [2.45, 2.75) is 37.0 Å². The Labute approximate surface area is 281 Å². The molecule has 0 bridgehead atoms. The molecule has 0 spiro atoms. The summed E-state index contributed by atoms with van der Waals surface area (Å²) in [6.07, 6.45) is 1.41. The summed E-state index contributed by atoms with van der Waals surface area (Å²) >= 11 is 2.26. The number of rotatable bonds is 9.